The monoisotopic (exact) mass is 156 g/mol. The van der Waals surface area contributed by atoms with Gasteiger partial charge in [-0.3, -0.25) is 9.59 Å². The van der Waals surface area contributed by atoms with E-state index in [1.807, 2.05) is 13.8 Å². The molecule has 0 bridgehead atoms. The predicted molar refractivity (Wildman–Crippen MR) is 44.1 cm³/mol. The summed E-state index contributed by atoms with van der Waals surface area (Å²) >= 11 is 0. The van der Waals surface area contributed by atoms with Crippen LogP contribution >= 0.6 is 0 Å². The summed E-state index contributed by atoms with van der Waals surface area (Å²) in [4.78, 5) is 20.3. The zero-order chi connectivity index (χ0) is 9.28. The van der Waals surface area contributed by atoms with Gasteiger partial charge in [-0.25, -0.2) is 0 Å². The van der Waals surface area contributed by atoms with E-state index in [-0.39, 0.29) is 18.8 Å². The molecule has 0 aromatic rings. The molecule has 0 aliphatic carbocycles. The van der Waals surface area contributed by atoms with Crippen LogP contribution in [0.3, 0.4) is 0 Å². The van der Waals surface area contributed by atoms with Crippen molar-refractivity contribution in [3.05, 3.63) is 0 Å². The maximum atomic E-state index is 10.3. The number of amides is 2. The number of carbonyl (C=O) groups is 2. The van der Waals surface area contributed by atoms with Crippen LogP contribution in [0, 0.1) is 0 Å². The van der Waals surface area contributed by atoms with E-state index in [4.69, 9.17) is 13.6 Å². The molecule has 2 radical (unpaired) electrons. The first-order valence-electron chi connectivity index (χ1n) is 3.42. The Hall–Kier alpha value is -0.995. The van der Waals surface area contributed by atoms with Gasteiger partial charge in [0, 0.05) is 0 Å². The lowest BCUT2D eigenvalue weighted by Crippen LogP contribution is -2.32. The van der Waals surface area contributed by atoms with E-state index in [1.54, 1.807) is 0 Å². The average molecular weight is 156 g/mol. The predicted octanol–water partition coefficient (Wildman–Crippen LogP) is -0.799. The van der Waals surface area contributed by atoms with E-state index in [0.717, 1.165) is 0 Å². The quantitative estimate of drug-likeness (QED) is 0.525. The summed E-state index contributed by atoms with van der Waals surface area (Å²) in [5.41, 5.74) is 4.70. The van der Waals surface area contributed by atoms with Crippen LogP contribution in [0.4, 0.5) is 0 Å². The van der Waals surface area contributed by atoms with Crippen molar-refractivity contribution in [2.45, 2.75) is 20.2 Å². The van der Waals surface area contributed by atoms with Gasteiger partial charge in [0.2, 0.25) is 11.8 Å². The highest BCUT2D eigenvalue weighted by Crippen LogP contribution is 1.68. The molecule has 0 saturated heterocycles. The van der Waals surface area contributed by atoms with Crippen molar-refractivity contribution in [2.24, 2.45) is 5.73 Å². The van der Waals surface area contributed by atoms with Crippen molar-refractivity contribution in [3.63, 3.8) is 0 Å². The van der Waals surface area contributed by atoms with E-state index >= 15 is 0 Å². The minimum Gasteiger partial charge on any atom is -0.368 e. The van der Waals surface area contributed by atoms with Crippen molar-refractivity contribution < 1.29 is 9.59 Å². The zero-order valence-electron chi connectivity index (χ0n) is 6.89. The molecule has 0 fully saturated rings. The summed E-state index contributed by atoms with van der Waals surface area (Å²) in [5.74, 6) is -0.953. The van der Waals surface area contributed by atoms with Crippen LogP contribution in [0.5, 0.6) is 0 Å². The van der Waals surface area contributed by atoms with Gasteiger partial charge in [-0.05, 0) is 6.32 Å². The lowest BCUT2D eigenvalue weighted by Gasteiger charge is -1.96. The van der Waals surface area contributed by atoms with Crippen LogP contribution in [-0.2, 0) is 9.59 Å². The van der Waals surface area contributed by atoms with Crippen LogP contribution in [0.15, 0.2) is 0 Å². The number of rotatable bonds is 3. The summed E-state index contributed by atoms with van der Waals surface area (Å²) < 4.78 is 0. The second kappa shape index (κ2) is 9.00. The maximum absolute atomic E-state index is 10.3. The number of hydrogen-bond acceptors (Lipinski definition) is 2. The standard InChI is InChI=1S/C4H7BN2O2.C2H6/c5-1-4(9)7-2-3(6)8;1-2/h1-2H2,(H2,6,8)(H,7,9);1-2H3. The Balaban J connectivity index is 0. The molecule has 0 heterocycles. The van der Waals surface area contributed by atoms with Crippen molar-refractivity contribution in [1.82, 2.24) is 5.32 Å². The Morgan fingerprint density at radius 2 is 1.91 bits per heavy atom. The third-order valence-corrected chi connectivity index (χ3v) is 0.645. The summed E-state index contributed by atoms with van der Waals surface area (Å²) in [6.45, 7) is 3.86. The first-order valence-corrected chi connectivity index (χ1v) is 3.42. The minimum atomic E-state index is -0.572. The summed E-state index contributed by atoms with van der Waals surface area (Å²) in [6, 6.07) is 0. The lowest BCUT2D eigenvalue weighted by molar-refractivity contribution is -0.123. The Morgan fingerprint density at radius 1 is 1.45 bits per heavy atom. The molecule has 2 amide bonds. The molecule has 0 aromatic heterocycles. The molecule has 0 aromatic carbocycles. The Morgan fingerprint density at radius 3 is 2.18 bits per heavy atom. The Kier molecular flexibility index (Phi) is 10.4. The molecule has 0 rings (SSSR count). The fourth-order valence-corrected chi connectivity index (χ4v) is 0.258. The molecule has 62 valence electrons. The number of nitrogens with one attached hydrogen (secondary N) is 1. The first kappa shape index (κ1) is 12.7. The second-order valence-corrected chi connectivity index (χ2v) is 1.45. The second-order valence-electron chi connectivity index (χ2n) is 1.45. The molecule has 11 heavy (non-hydrogen) atoms. The minimum absolute atomic E-state index is 0.118. The van der Waals surface area contributed by atoms with Crippen molar-refractivity contribution in [1.29, 1.82) is 0 Å². The molecule has 5 heteroatoms. The van der Waals surface area contributed by atoms with E-state index in [9.17, 15) is 9.59 Å². The van der Waals surface area contributed by atoms with E-state index in [2.05, 4.69) is 5.32 Å². The largest absolute Gasteiger partial charge is 0.368 e. The summed E-state index contributed by atoms with van der Waals surface area (Å²) in [5, 5.41) is 2.19. The van der Waals surface area contributed by atoms with Crippen molar-refractivity contribution in [2.75, 3.05) is 6.54 Å². The van der Waals surface area contributed by atoms with Gasteiger partial charge in [0.1, 0.15) is 0 Å². The summed E-state index contributed by atoms with van der Waals surface area (Å²) in [7, 11) is 4.89. The van der Waals surface area contributed by atoms with Crippen LogP contribution in [0.2, 0.25) is 6.32 Å². The van der Waals surface area contributed by atoms with Crippen LogP contribution in [0.1, 0.15) is 13.8 Å². The van der Waals surface area contributed by atoms with Gasteiger partial charge in [0.05, 0.1) is 14.4 Å². The molecule has 0 aliphatic heterocycles. The highest BCUT2D eigenvalue weighted by atomic mass is 16.2. The van der Waals surface area contributed by atoms with Gasteiger partial charge in [-0.2, -0.15) is 0 Å². The SMILES string of the molecule is CC.[B]CC(=O)NCC(N)=O. The topological polar surface area (TPSA) is 72.2 Å². The molecule has 0 atom stereocenters. The lowest BCUT2D eigenvalue weighted by atomic mass is 10.1. The molecule has 0 saturated carbocycles. The zero-order valence-corrected chi connectivity index (χ0v) is 6.89. The van der Waals surface area contributed by atoms with Gasteiger partial charge >= 0.3 is 0 Å². The van der Waals surface area contributed by atoms with Crippen molar-refractivity contribution >= 4 is 19.7 Å². The number of carbonyl (C=O) groups excluding carboxylic acids is 2. The highest BCUT2D eigenvalue weighted by molar-refractivity contribution is 6.19. The number of hydrogen-bond donors (Lipinski definition) is 2. The van der Waals surface area contributed by atoms with Gasteiger partial charge < -0.3 is 11.1 Å². The van der Waals surface area contributed by atoms with E-state index < -0.39 is 5.91 Å². The smallest absolute Gasteiger partial charge is 0.236 e. The molecular weight excluding hydrogens is 143 g/mol. The molecule has 0 spiro atoms. The fourth-order valence-electron chi connectivity index (χ4n) is 0.258. The Bertz CT molecular complexity index is 128. The van der Waals surface area contributed by atoms with Crippen LogP contribution in [0.25, 0.3) is 0 Å². The summed E-state index contributed by atoms with van der Waals surface area (Å²) in [6.07, 6.45) is -0.118. The van der Waals surface area contributed by atoms with Gasteiger partial charge in [-0.15, -0.1) is 0 Å². The average Bonchev–Trinajstić information content (AvgIpc) is 2.04. The first-order chi connectivity index (χ1) is 5.16. The molecule has 4 nitrogen and oxygen atoms in total. The third-order valence-electron chi connectivity index (χ3n) is 0.645. The molecule has 0 unspecified atom stereocenters. The van der Waals surface area contributed by atoms with Gasteiger partial charge in [-0.1, -0.05) is 13.8 Å². The van der Waals surface area contributed by atoms with Gasteiger partial charge in [0.15, 0.2) is 0 Å². The highest BCUT2D eigenvalue weighted by Gasteiger charge is 1.96. The van der Waals surface area contributed by atoms with Gasteiger partial charge in [0.25, 0.3) is 0 Å². The van der Waals surface area contributed by atoms with Crippen LogP contribution < -0.4 is 11.1 Å². The number of nitrogens with two attached hydrogens (primary N) is 1. The molecule has 3 N–H and O–H groups in total. The maximum Gasteiger partial charge on any atom is 0.236 e. The molecular formula is C6H13BN2O2. The van der Waals surface area contributed by atoms with Crippen LogP contribution in [-0.4, -0.2) is 26.2 Å². The number of primary amides is 1. The van der Waals surface area contributed by atoms with E-state index in [1.165, 1.54) is 0 Å². The Labute approximate surface area is 67.9 Å². The van der Waals surface area contributed by atoms with E-state index in [0.29, 0.717) is 0 Å². The third kappa shape index (κ3) is 12.3. The van der Waals surface area contributed by atoms with Crippen molar-refractivity contribution in [3.8, 4) is 0 Å². The fraction of sp³-hybridized carbons (Fsp3) is 0.667. The normalized spacial score (nSPS) is 7.45. The molecule has 0 aliphatic rings.